The Kier molecular flexibility index (Phi) is 5.16. The summed E-state index contributed by atoms with van der Waals surface area (Å²) in [4.78, 5) is 25.1. The van der Waals surface area contributed by atoms with Crippen LogP contribution in [0.3, 0.4) is 0 Å². The zero-order valence-corrected chi connectivity index (χ0v) is 13.1. The first-order valence-electron chi connectivity index (χ1n) is 6.44. The van der Waals surface area contributed by atoms with Crippen molar-refractivity contribution in [3.05, 3.63) is 52.9 Å². The van der Waals surface area contributed by atoms with E-state index in [1.807, 2.05) is 24.3 Å². The van der Waals surface area contributed by atoms with Crippen molar-refractivity contribution in [3.63, 3.8) is 0 Å². The molecule has 1 N–H and O–H groups in total. The monoisotopic (exact) mass is 350 g/mol. The van der Waals surface area contributed by atoms with E-state index >= 15 is 0 Å². The zero-order valence-electron chi connectivity index (χ0n) is 11.5. The smallest absolute Gasteiger partial charge is 0.287 e. The maximum atomic E-state index is 11.8. The van der Waals surface area contributed by atoms with E-state index in [-0.39, 0.29) is 17.6 Å². The lowest BCUT2D eigenvalue weighted by molar-refractivity contribution is -0.116. The average Bonchev–Trinajstić information content (AvgIpc) is 2.98. The Labute approximate surface area is 131 Å². The van der Waals surface area contributed by atoms with Crippen LogP contribution in [0.4, 0.5) is 5.69 Å². The number of anilines is 1. The summed E-state index contributed by atoms with van der Waals surface area (Å²) < 4.78 is 5.84. The highest BCUT2D eigenvalue weighted by Crippen LogP contribution is 2.25. The van der Waals surface area contributed by atoms with Gasteiger partial charge in [0.25, 0.3) is 5.91 Å². The minimum absolute atomic E-state index is 0.0888. The van der Waals surface area contributed by atoms with E-state index in [4.69, 9.17) is 4.42 Å². The second kappa shape index (κ2) is 7.08. The van der Waals surface area contributed by atoms with Crippen molar-refractivity contribution in [2.24, 2.45) is 0 Å². The van der Waals surface area contributed by atoms with Gasteiger partial charge >= 0.3 is 0 Å². The number of nitrogens with zero attached hydrogens (tertiary/aromatic N) is 1. The van der Waals surface area contributed by atoms with Gasteiger partial charge in [-0.05, 0) is 40.2 Å². The highest BCUT2D eigenvalue weighted by molar-refractivity contribution is 9.10. The number of carbonyl (C=O) groups is 2. The van der Waals surface area contributed by atoms with E-state index in [9.17, 15) is 9.59 Å². The van der Waals surface area contributed by atoms with Crippen molar-refractivity contribution < 1.29 is 14.0 Å². The standard InChI is InChI=1S/C15H15BrN2O3/c1-11(19)18(13-6-3-2-5-12(13)16)9-8-17-15(20)14-7-4-10-21-14/h2-7,10H,8-9H2,1H3,(H,17,20). The highest BCUT2D eigenvalue weighted by atomic mass is 79.9. The van der Waals surface area contributed by atoms with Gasteiger partial charge in [0.05, 0.1) is 12.0 Å². The largest absolute Gasteiger partial charge is 0.459 e. The van der Waals surface area contributed by atoms with Crippen LogP contribution >= 0.6 is 15.9 Å². The van der Waals surface area contributed by atoms with Crippen LogP contribution in [0.1, 0.15) is 17.5 Å². The molecule has 6 heteroatoms. The number of benzene rings is 1. The van der Waals surface area contributed by atoms with Gasteiger partial charge in [0.2, 0.25) is 5.91 Å². The Bertz CT molecular complexity index is 626. The van der Waals surface area contributed by atoms with E-state index in [2.05, 4.69) is 21.2 Å². The molecule has 0 saturated heterocycles. The van der Waals surface area contributed by atoms with Crippen LogP contribution < -0.4 is 10.2 Å². The van der Waals surface area contributed by atoms with Gasteiger partial charge in [0, 0.05) is 24.5 Å². The quantitative estimate of drug-likeness (QED) is 0.901. The molecule has 1 aromatic heterocycles. The molecule has 0 fully saturated rings. The lowest BCUT2D eigenvalue weighted by atomic mass is 10.3. The summed E-state index contributed by atoms with van der Waals surface area (Å²) in [5.74, 6) is -0.130. The number of nitrogens with one attached hydrogen (secondary N) is 1. The van der Waals surface area contributed by atoms with E-state index in [0.717, 1.165) is 10.2 Å². The molecule has 0 atom stereocenters. The third kappa shape index (κ3) is 3.95. The van der Waals surface area contributed by atoms with Gasteiger partial charge in [0.15, 0.2) is 5.76 Å². The molecule has 0 spiro atoms. The molecule has 0 aliphatic rings. The minimum Gasteiger partial charge on any atom is -0.459 e. The lowest BCUT2D eigenvalue weighted by Crippen LogP contribution is -2.37. The average molecular weight is 351 g/mol. The zero-order chi connectivity index (χ0) is 15.2. The molecule has 1 heterocycles. The number of amides is 2. The normalized spacial score (nSPS) is 10.2. The third-order valence-electron chi connectivity index (χ3n) is 2.89. The number of carbonyl (C=O) groups excluding carboxylic acids is 2. The van der Waals surface area contributed by atoms with E-state index in [1.165, 1.54) is 13.2 Å². The number of halogens is 1. The van der Waals surface area contributed by atoms with Crippen LogP contribution in [-0.4, -0.2) is 24.9 Å². The summed E-state index contributed by atoms with van der Waals surface area (Å²) in [5, 5.41) is 2.72. The molecular formula is C15H15BrN2O3. The minimum atomic E-state index is -0.296. The van der Waals surface area contributed by atoms with Crippen molar-refractivity contribution >= 4 is 33.4 Å². The summed E-state index contributed by atoms with van der Waals surface area (Å²) in [7, 11) is 0. The number of rotatable bonds is 5. The lowest BCUT2D eigenvalue weighted by Gasteiger charge is -2.22. The fraction of sp³-hybridized carbons (Fsp3) is 0.200. The van der Waals surface area contributed by atoms with E-state index < -0.39 is 0 Å². The van der Waals surface area contributed by atoms with Gasteiger partial charge in [-0.25, -0.2) is 0 Å². The molecule has 0 aliphatic carbocycles. The molecule has 2 amide bonds. The van der Waals surface area contributed by atoms with Crippen LogP contribution in [0.2, 0.25) is 0 Å². The van der Waals surface area contributed by atoms with Crippen LogP contribution in [0.15, 0.2) is 51.6 Å². The first-order chi connectivity index (χ1) is 10.1. The summed E-state index contributed by atoms with van der Waals surface area (Å²) >= 11 is 3.42. The van der Waals surface area contributed by atoms with Gasteiger partial charge in [-0.1, -0.05) is 12.1 Å². The fourth-order valence-electron chi connectivity index (χ4n) is 1.89. The molecule has 2 rings (SSSR count). The second-order valence-electron chi connectivity index (χ2n) is 4.36. The molecule has 1 aromatic carbocycles. The van der Waals surface area contributed by atoms with Crippen molar-refractivity contribution in [1.29, 1.82) is 0 Å². The molecule has 0 unspecified atom stereocenters. The molecular weight excluding hydrogens is 336 g/mol. The second-order valence-corrected chi connectivity index (χ2v) is 5.21. The first kappa shape index (κ1) is 15.3. The van der Waals surface area contributed by atoms with Gasteiger partial charge in [0.1, 0.15) is 0 Å². The molecule has 21 heavy (non-hydrogen) atoms. The summed E-state index contributed by atoms with van der Waals surface area (Å²) in [5.41, 5.74) is 0.775. The van der Waals surface area contributed by atoms with E-state index in [0.29, 0.717) is 13.1 Å². The number of hydrogen-bond donors (Lipinski definition) is 1. The predicted octanol–water partition coefficient (Wildman–Crippen LogP) is 2.83. The number of furan rings is 1. The van der Waals surface area contributed by atoms with Crippen molar-refractivity contribution in [2.45, 2.75) is 6.92 Å². The van der Waals surface area contributed by atoms with Gasteiger partial charge in [-0.15, -0.1) is 0 Å². The summed E-state index contributed by atoms with van der Waals surface area (Å²) in [6, 6.07) is 10.7. The first-order valence-corrected chi connectivity index (χ1v) is 7.23. The van der Waals surface area contributed by atoms with Gasteiger partial charge < -0.3 is 14.6 Å². The number of para-hydroxylation sites is 1. The van der Waals surface area contributed by atoms with Gasteiger partial charge in [-0.2, -0.15) is 0 Å². The van der Waals surface area contributed by atoms with Crippen molar-refractivity contribution in [2.75, 3.05) is 18.0 Å². The Morgan fingerprint density at radius 1 is 1.24 bits per heavy atom. The SMILES string of the molecule is CC(=O)N(CCNC(=O)c1ccco1)c1ccccc1Br. The Hall–Kier alpha value is -2.08. The molecule has 0 saturated carbocycles. The molecule has 5 nitrogen and oxygen atoms in total. The summed E-state index contributed by atoms with van der Waals surface area (Å²) in [6.45, 7) is 2.21. The van der Waals surface area contributed by atoms with Crippen LogP contribution in [0.5, 0.6) is 0 Å². The maximum Gasteiger partial charge on any atom is 0.287 e. The Morgan fingerprint density at radius 2 is 2.00 bits per heavy atom. The summed E-state index contributed by atoms with van der Waals surface area (Å²) in [6.07, 6.45) is 1.44. The third-order valence-corrected chi connectivity index (χ3v) is 3.56. The fourth-order valence-corrected chi connectivity index (χ4v) is 2.39. The molecule has 2 aromatic rings. The van der Waals surface area contributed by atoms with Crippen molar-refractivity contribution in [1.82, 2.24) is 5.32 Å². The molecule has 0 radical (unpaired) electrons. The molecule has 110 valence electrons. The molecule has 0 bridgehead atoms. The Balaban J connectivity index is 1.97. The Morgan fingerprint density at radius 3 is 2.62 bits per heavy atom. The van der Waals surface area contributed by atoms with Crippen LogP contribution in [-0.2, 0) is 4.79 Å². The van der Waals surface area contributed by atoms with Gasteiger partial charge in [-0.3, -0.25) is 9.59 Å². The van der Waals surface area contributed by atoms with Crippen LogP contribution in [0, 0.1) is 0 Å². The number of hydrogen-bond acceptors (Lipinski definition) is 3. The molecule has 0 aliphatic heterocycles. The highest BCUT2D eigenvalue weighted by Gasteiger charge is 2.15. The topological polar surface area (TPSA) is 62.6 Å². The van der Waals surface area contributed by atoms with E-state index in [1.54, 1.807) is 17.0 Å². The maximum absolute atomic E-state index is 11.8. The van der Waals surface area contributed by atoms with Crippen molar-refractivity contribution in [3.8, 4) is 0 Å². The van der Waals surface area contributed by atoms with Crippen LogP contribution in [0.25, 0.3) is 0 Å². The predicted molar refractivity (Wildman–Crippen MR) is 83.2 cm³/mol.